The summed E-state index contributed by atoms with van der Waals surface area (Å²) in [7, 11) is 2.08. The van der Waals surface area contributed by atoms with Crippen molar-refractivity contribution in [2.24, 2.45) is 5.84 Å². The fraction of sp³-hybridized carbons (Fsp3) is 0.250. The molecule has 6 nitrogen and oxygen atoms in total. The molecule has 3 N–H and O–H groups in total. The van der Waals surface area contributed by atoms with Crippen LogP contribution in [-0.2, 0) is 6.42 Å². The molecule has 1 aromatic heterocycles. The third kappa shape index (κ3) is 4.73. The summed E-state index contributed by atoms with van der Waals surface area (Å²) < 4.78 is 14.8. The molecule has 1 aliphatic heterocycles. The van der Waals surface area contributed by atoms with Crippen LogP contribution in [0, 0.1) is 5.82 Å². The van der Waals surface area contributed by atoms with Crippen molar-refractivity contribution in [3.63, 3.8) is 0 Å². The Balaban J connectivity index is 1.60. The van der Waals surface area contributed by atoms with E-state index < -0.39 is 11.7 Å². The smallest absolute Gasteiger partial charge is 0.265 e. The summed E-state index contributed by atoms with van der Waals surface area (Å²) in [5.74, 6) is 4.26. The number of hydrogen-bond donors (Lipinski definition) is 2. The number of carbonyl (C=O) groups is 1. The molecular weight excluding hydrogens is 393 g/mol. The number of nitrogens with one attached hydrogen (secondary N) is 1. The molecule has 31 heavy (non-hydrogen) atoms. The van der Waals surface area contributed by atoms with Gasteiger partial charge >= 0.3 is 0 Å². The van der Waals surface area contributed by atoms with Crippen LogP contribution in [0.5, 0.6) is 0 Å². The summed E-state index contributed by atoms with van der Waals surface area (Å²) in [4.78, 5) is 20.5. The fourth-order valence-electron chi connectivity index (χ4n) is 4.11. The van der Waals surface area contributed by atoms with Gasteiger partial charge in [-0.2, -0.15) is 0 Å². The Morgan fingerprint density at radius 1 is 1.16 bits per heavy atom. The van der Waals surface area contributed by atoms with Crippen LogP contribution >= 0.6 is 0 Å². The van der Waals surface area contributed by atoms with Crippen molar-refractivity contribution in [3.05, 3.63) is 83.9 Å². The summed E-state index contributed by atoms with van der Waals surface area (Å²) in [5.41, 5.74) is 6.11. The van der Waals surface area contributed by atoms with Gasteiger partial charge in [0.1, 0.15) is 5.82 Å². The van der Waals surface area contributed by atoms with Crippen LogP contribution in [0.1, 0.15) is 15.9 Å². The molecule has 1 amide bonds. The summed E-state index contributed by atoms with van der Waals surface area (Å²) in [5, 5.41) is 0. The molecule has 1 saturated heterocycles. The lowest BCUT2D eigenvalue weighted by atomic mass is 9.98. The molecule has 1 unspecified atom stereocenters. The number of rotatable bonds is 5. The quantitative estimate of drug-likeness (QED) is 0.378. The molecule has 0 radical (unpaired) electrons. The maximum absolute atomic E-state index is 14.8. The minimum atomic E-state index is -0.503. The number of halogens is 1. The second-order valence-electron chi connectivity index (χ2n) is 7.89. The van der Waals surface area contributed by atoms with E-state index in [-0.39, 0.29) is 11.6 Å². The van der Waals surface area contributed by atoms with Gasteiger partial charge in [-0.15, -0.1) is 0 Å². The lowest BCUT2D eigenvalue weighted by Gasteiger charge is -2.42. The topological polar surface area (TPSA) is 74.5 Å². The van der Waals surface area contributed by atoms with Gasteiger partial charge in [-0.05, 0) is 54.9 Å². The highest BCUT2D eigenvalue weighted by atomic mass is 19.1. The number of nitrogen functional groups attached to an aromatic ring is 1. The number of piperazine rings is 1. The van der Waals surface area contributed by atoms with E-state index in [0.29, 0.717) is 12.0 Å². The van der Waals surface area contributed by atoms with E-state index in [1.807, 2.05) is 29.8 Å². The summed E-state index contributed by atoms with van der Waals surface area (Å²) in [6.07, 6.45) is 4.16. The first-order valence-corrected chi connectivity index (χ1v) is 10.3. The average molecular weight is 420 g/mol. The zero-order chi connectivity index (χ0) is 21.8. The second kappa shape index (κ2) is 9.24. The lowest BCUT2D eigenvalue weighted by Crippen LogP contribution is -2.53. The Morgan fingerprint density at radius 2 is 2.00 bits per heavy atom. The molecule has 0 spiro atoms. The van der Waals surface area contributed by atoms with Gasteiger partial charge in [0.15, 0.2) is 0 Å². The van der Waals surface area contributed by atoms with E-state index in [4.69, 9.17) is 5.84 Å². The van der Waals surface area contributed by atoms with Crippen molar-refractivity contribution in [3.8, 4) is 11.1 Å². The summed E-state index contributed by atoms with van der Waals surface area (Å²) in [6, 6.07) is 17.0. The van der Waals surface area contributed by atoms with E-state index in [9.17, 15) is 9.18 Å². The van der Waals surface area contributed by atoms with Gasteiger partial charge in [-0.1, -0.05) is 24.3 Å². The number of nitrogens with two attached hydrogens (primary N) is 1. The largest absolute Gasteiger partial charge is 0.366 e. The molecule has 7 heteroatoms. The number of amides is 1. The fourth-order valence-corrected chi connectivity index (χ4v) is 4.11. The number of anilines is 1. The Labute approximate surface area is 181 Å². The first-order valence-electron chi connectivity index (χ1n) is 10.3. The maximum Gasteiger partial charge on any atom is 0.265 e. The highest BCUT2D eigenvalue weighted by Gasteiger charge is 2.27. The highest BCUT2D eigenvalue weighted by molar-refractivity contribution is 5.93. The Bertz CT molecular complexity index is 1060. The van der Waals surface area contributed by atoms with E-state index in [2.05, 4.69) is 40.0 Å². The van der Waals surface area contributed by atoms with Gasteiger partial charge in [0.25, 0.3) is 5.91 Å². The number of likely N-dealkylation sites (N-methyl/N-ethyl adjacent to an activating group) is 1. The van der Waals surface area contributed by atoms with Gasteiger partial charge < -0.3 is 9.80 Å². The van der Waals surface area contributed by atoms with E-state index in [0.717, 1.165) is 36.4 Å². The van der Waals surface area contributed by atoms with Crippen molar-refractivity contribution in [2.45, 2.75) is 12.5 Å². The number of aromatic nitrogens is 1. The highest BCUT2D eigenvalue weighted by Crippen LogP contribution is 2.28. The average Bonchev–Trinajstić information content (AvgIpc) is 2.80. The standard InChI is InChI=1S/C24H26FN5O/c1-29-10-11-30(21-6-2-4-17(12-21)20-5-3-9-27-15-20)22(16-29)13-18-7-8-19(14-23(18)25)24(31)28-26/h2-9,12,14-15,22H,10-11,13,16,26H2,1H3,(H,28,31). The monoisotopic (exact) mass is 419 g/mol. The van der Waals surface area contributed by atoms with Gasteiger partial charge in [0, 0.05) is 54.9 Å². The SMILES string of the molecule is CN1CCN(c2cccc(-c3cccnc3)c2)C(Cc2ccc(C(=O)NN)cc2F)C1. The number of pyridine rings is 1. The van der Waals surface area contributed by atoms with Gasteiger partial charge in [-0.3, -0.25) is 15.2 Å². The third-order valence-electron chi connectivity index (χ3n) is 5.76. The minimum absolute atomic E-state index is 0.103. The molecule has 1 aliphatic rings. The maximum atomic E-state index is 14.8. The summed E-state index contributed by atoms with van der Waals surface area (Å²) >= 11 is 0. The first-order chi connectivity index (χ1) is 15.0. The van der Waals surface area contributed by atoms with Crippen LogP contribution in [0.25, 0.3) is 11.1 Å². The minimum Gasteiger partial charge on any atom is -0.366 e. The normalized spacial score (nSPS) is 16.9. The molecule has 4 rings (SSSR count). The summed E-state index contributed by atoms with van der Waals surface area (Å²) in [6.45, 7) is 2.61. The molecule has 3 aromatic rings. The van der Waals surface area contributed by atoms with Crippen molar-refractivity contribution in [1.29, 1.82) is 0 Å². The van der Waals surface area contributed by atoms with E-state index in [1.54, 1.807) is 18.3 Å². The zero-order valence-corrected chi connectivity index (χ0v) is 17.5. The zero-order valence-electron chi connectivity index (χ0n) is 17.5. The molecule has 160 valence electrons. The van der Waals surface area contributed by atoms with Crippen molar-refractivity contribution in [1.82, 2.24) is 15.3 Å². The Hall–Kier alpha value is -3.29. The van der Waals surface area contributed by atoms with Crippen LogP contribution in [0.15, 0.2) is 67.0 Å². The molecule has 0 bridgehead atoms. The van der Waals surface area contributed by atoms with Crippen LogP contribution < -0.4 is 16.2 Å². The Morgan fingerprint density at radius 3 is 2.74 bits per heavy atom. The van der Waals surface area contributed by atoms with Crippen molar-refractivity contribution >= 4 is 11.6 Å². The lowest BCUT2D eigenvalue weighted by molar-refractivity contribution is 0.0953. The number of nitrogens with zero attached hydrogens (tertiary/aromatic N) is 3. The third-order valence-corrected chi connectivity index (χ3v) is 5.76. The molecule has 2 aromatic carbocycles. The number of hydrazine groups is 1. The molecule has 0 aliphatic carbocycles. The predicted octanol–water partition coefficient (Wildman–Crippen LogP) is 2.85. The van der Waals surface area contributed by atoms with Gasteiger partial charge in [0.05, 0.1) is 0 Å². The second-order valence-corrected chi connectivity index (χ2v) is 7.89. The number of carbonyl (C=O) groups excluding carboxylic acids is 1. The molecule has 1 fully saturated rings. The molecule has 0 saturated carbocycles. The molecule has 2 heterocycles. The van der Waals surface area contributed by atoms with E-state index in [1.165, 1.54) is 6.07 Å². The van der Waals surface area contributed by atoms with Crippen LogP contribution in [-0.4, -0.2) is 48.5 Å². The van der Waals surface area contributed by atoms with Crippen molar-refractivity contribution < 1.29 is 9.18 Å². The van der Waals surface area contributed by atoms with E-state index >= 15 is 0 Å². The number of hydrogen-bond acceptors (Lipinski definition) is 5. The predicted molar refractivity (Wildman–Crippen MR) is 120 cm³/mol. The first kappa shape index (κ1) is 21.0. The van der Waals surface area contributed by atoms with Crippen molar-refractivity contribution in [2.75, 3.05) is 31.6 Å². The van der Waals surface area contributed by atoms with Crippen LogP contribution in [0.2, 0.25) is 0 Å². The number of benzene rings is 2. The van der Waals surface area contributed by atoms with Crippen LogP contribution in [0.4, 0.5) is 10.1 Å². The molecule has 1 atom stereocenters. The van der Waals surface area contributed by atoms with Gasteiger partial charge in [0.2, 0.25) is 0 Å². The van der Waals surface area contributed by atoms with Gasteiger partial charge in [-0.25, -0.2) is 10.2 Å². The Kier molecular flexibility index (Phi) is 6.25. The molecular formula is C24H26FN5O. The van der Waals surface area contributed by atoms with Crippen LogP contribution in [0.3, 0.4) is 0 Å².